The van der Waals surface area contributed by atoms with Crippen molar-refractivity contribution in [1.82, 2.24) is 31.9 Å². The molecule has 6 aromatic rings. The average molecular weight is 1810 g/mol. The molecule has 1 saturated heterocycles. The maximum atomic E-state index is 12.8. The Kier molecular flexibility index (Phi) is 57.9. The summed E-state index contributed by atoms with van der Waals surface area (Å²) in [5.41, 5.74) is 25.5. The SMILES string of the molecule is COC(=O)[C@@H](N)CNC(=O)OC(C)(C)C.COC(=O)[C@H](CN)CC(=O)c1c(C)cc(C)cc1C.COC(=O)[C@H](CNC(=O)NCc1ccccc1)CC(=O)c1c(C)cc(C)cc1C.COC(=O)[C@H](CNC(=O)OC(C)(C)C)CC(=O)c1c(C)cc(C)cc1C.Cc1cc(C)c(C(=O)C[C@@H](CNC(=O)NCc2ccccc2)C(=O)O)c(C)c1.Cl.Cl.OC1CCCO1.[Li+].[OH-]. The molecule has 0 spiro atoms. The second-order valence-electron chi connectivity index (χ2n) is 32.0. The fraction of sp³-hybridized carbons (Fsp3) is 0.473. The van der Waals surface area contributed by atoms with E-state index in [2.05, 4.69) is 41.4 Å². The molecule has 127 heavy (non-hydrogen) atoms. The first kappa shape index (κ1) is 121. The van der Waals surface area contributed by atoms with Gasteiger partial charge in [-0.2, -0.15) is 0 Å². The number of hydrogen-bond acceptors (Lipinski definition) is 24. The number of carboxylic acids is 1. The standard InChI is InChI=1S/C23H28N2O4.C22H26N2O4.C20H29NO5.C15H21NO3.C9H18N2O4.C4H8O2.2ClH.Li.H2O/c1-15-10-16(2)21(17(3)11-15)20(26)12-19(22(27)29-4)14-25-23(28)24-13-18-8-6-5-7-9-18;1-14-9-15(2)20(16(3)10-14)19(25)11-18(21(26)27)13-24-22(28)23-12-17-7-5-4-6-8-17;1-12-8-13(2)17(14(3)9-12)16(22)10-15(18(23)25-7)11-21-19(24)26-20(4,5)6;1-9-5-10(2)14(11(3)6-9)13(17)7-12(8-16)15(18)19-4;1-9(2,3)15-8(13)11-5-6(10)7(12)14-4;5-4-2-1-3-6-4;;;;/h5-11,19H,12-14H2,1-4H3,(H2,24,25,28);4-10,18H,11-13H2,1-3H3,(H,26,27)(H2,23,24,28);8-9,15H,10-11H2,1-7H3,(H,21,24);5-6,12H,7-8,16H2,1-4H3;6H,5,10H2,1-4H3,(H,11,13);4-5H,1-3H2;2*1H;;1H2/q;;;;;;;;+1;/p-1/t19-;18-;15-;12-;6-;;;;;/m00000...../s1. The van der Waals surface area contributed by atoms with Crippen LogP contribution < -0.4 is 62.2 Å². The number of carbonyl (C=O) groups is 13. The van der Waals surface area contributed by atoms with E-state index in [0.29, 0.717) is 35.3 Å². The third-order valence-electron chi connectivity index (χ3n) is 18.6. The molecular formula is C93H133Cl2LiN8O23. The average Bonchev–Trinajstić information content (AvgIpc) is 1.16. The Bertz CT molecular complexity index is 4460. The van der Waals surface area contributed by atoms with E-state index >= 15 is 0 Å². The minimum Gasteiger partial charge on any atom is -0.870 e. The number of ketones is 4. The number of benzene rings is 6. The van der Waals surface area contributed by atoms with Crippen LogP contribution in [0.25, 0.3) is 0 Å². The zero-order valence-corrected chi connectivity index (χ0v) is 79.4. The topological polar surface area (TPSA) is 481 Å². The van der Waals surface area contributed by atoms with Crippen LogP contribution in [-0.2, 0) is 70.2 Å². The van der Waals surface area contributed by atoms with Gasteiger partial charge in [0.2, 0.25) is 0 Å². The molecule has 6 amide bonds. The normalized spacial score (nSPS) is 12.6. The third-order valence-corrected chi connectivity index (χ3v) is 18.6. The van der Waals surface area contributed by atoms with Crippen LogP contribution >= 0.6 is 24.8 Å². The van der Waals surface area contributed by atoms with Crippen LogP contribution in [0.4, 0.5) is 19.2 Å². The fourth-order valence-electron chi connectivity index (χ4n) is 13.2. The summed E-state index contributed by atoms with van der Waals surface area (Å²) < 4.78 is 33.5. The van der Waals surface area contributed by atoms with E-state index in [1.165, 1.54) is 28.4 Å². The van der Waals surface area contributed by atoms with Gasteiger partial charge in [0.05, 0.1) is 52.1 Å². The summed E-state index contributed by atoms with van der Waals surface area (Å²) in [5.74, 6) is -6.86. The second-order valence-corrected chi connectivity index (χ2v) is 32.0. The zero-order chi connectivity index (χ0) is 93.2. The summed E-state index contributed by atoms with van der Waals surface area (Å²) in [6.45, 7) is 34.8. The van der Waals surface area contributed by atoms with E-state index in [1.54, 1.807) is 41.5 Å². The van der Waals surface area contributed by atoms with Crippen LogP contribution in [0.3, 0.4) is 0 Å². The maximum absolute atomic E-state index is 12.8. The smallest absolute Gasteiger partial charge is 0.870 e. The molecule has 7 rings (SSSR count). The molecule has 6 atom stereocenters. The first-order valence-electron chi connectivity index (χ1n) is 40.4. The number of rotatable bonds is 30. The van der Waals surface area contributed by atoms with Gasteiger partial charge in [-0.15, -0.1) is 24.8 Å². The summed E-state index contributed by atoms with van der Waals surface area (Å²) in [6, 6.07) is 32.7. The minimum absolute atomic E-state index is 0. The molecule has 1 aliphatic heterocycles. The maximum Gasteiger partial charge on any atom is 1.00 e. The van der Waals surface area contributed by atoms with Crippen LogP contribution in [0.2, 0.25) is 0 Å². The fourth-order valence-corrected chi connectivity index (χ4v) is 13.2. The van der Waals surface area contributed by atoms with Gasteiger partial charge in [-0.3, -0.25) is 43.2 Å². The number of Topliss-reactive ketones (excluding diaryl/α,β-unsaturated/α-hetero) is 4. The number of esters is 4. The Hall–Kier alpha value is -10.6. The molecule has 6 aromatic carbocycles. The van der Waals surface area contributed by atoms with Gasteiger partial charge in [0.25, 0.3) is 0 Å². The van der Waals surface area contributed by atoms with Crippen molar-refractivity contribution in [2.75, 3.05) is 67.8 Å². The number of carboxylic acid groups (broad SMARTS) is 1. The van der Waals surface area contributed by atoms with Gasteiger partial charge < -0.3 is 92.2 Å². The van der Waals surface area contributed by atoms with Crippen LogP contribution in [-0.4, -0.2) is 184 Å². The van der Waals surface area contributed by atoms with Gasteiger partial charge in [-0.1, -0.05) is 131 Å². The van der Waals surface area contributed by atoms with Gasteiger partial charge in [0.1, 0.15) is 17.2 Å². The molecule has 1 heterocycles. The number of nitrogens with one attached hydrogen (secondary N) is 6. The second kappa shape index (κ2) is 61.0. The van der Waals surface area contributed by atoms with Crippen molar-refractivity contribution in [2.24, 2.45) is 35.1 Å². The van der Waals surface area contributed by atoms with Crippen molar-refractivity contribution >= 4 is 102 Å². The molecule has 698 valence electrons. The summed E-state index contributed by atoms with van der Waals surface area (Å²) in [6.07, 6.45) is -0.0223. The largest absolute Gasteiger partial charge is 1.00 e. The number of methoxy groups -OCH3 is 4. The molecular weight excluding hydrogens is 1670 g/mol. The molecule has 1 aliphatic rings. The molecule has 34 heteroatoms. The number of hydrogen-bond donors (Lipinski definition) is 10. The van der Waals surface area contributed by atoms with Crippen molar-refractivity contribution in [3.63, 3.8) is 0 Å². The molecule has 0 bridgehead atoms. The molecule has 0 aromatic heterocycles. The Morgan fingerprint density at radius 3 is 0.937 bits per heavy atom. The number of aliphatic hydroxyl groups excluding tert-OH is 1. The van der Waals surface area contributed by atoms with E-state index < -0.39 is 101 Å². The quantitative estimate of drug-likeness (QED) is 0.00867. The summed E-state index contributed by atoms with van der Waals surface area (Å²) in [4.78, 5) is 156. The van der Waals surface area contributed by atoms with Crippen LogP contribution in [0, 0.1) is 107 Å². The first-order valence-corrected chi connectivity index (χ1v) is 40.4. The Labute approximate surface area is 771 Å². The summed E-state index contributed by atoms with van der Waals surface area (Å²) in [5, 5.41) is 33.5. The monoisotopic (exact) mass is 1810 g/mol. The van der Waals surface area contributed by atoms with Crippen LogP contribution in [0.1, 0.15) is 199 Å². The summed E-state index contributed by atoms with van der Waals surface area (Å²) >= 11 is 0. The predicted octanol–water partition coefficient (Wildman–Crippen LogP) is 10.1. The van der Waals surface area contributed by atoms with E-state index in [9.17, 15) is 67.4 Å². The Morgan fingerprint density at radius 1 is 0.417 bits per heavy atom. The van der Waals surface area contributed by atoms with Crippen molar-refractivity contribution in [2.45, 2.75) is 200 Å². The van der Waals surface area contributed by atoms with E-state index in [4.69, 9.17) is 40.3 Å². The van der Waals surface area contributed by atoms with E-state index in [0.717, 1.165) is 97.3 Å². The zero-order valence-electron chi connectivity index (χ0n) is 77.7. The number of amides is 6. The molecule has 0 radical (unpaired) electrons. The predicted molar refractivity (Wildman–Crippen MR) is 485 cm³/mol. The number of halogens is 2. The van der Waals surface area contributed by atoms with Gasteiger partial charge in [-0.25, -0.2) is 19.2 Å². The number of aliphatic hydroxyl groups is 1. The molecule has 1 fully saturated rings. The van der Waals surface area contributed by atoms with Gasteiger partial charge in [0, 0.05) is 107 Å². The number of carbonyl (C=O) groups excluding carboxylic acids is 12. The van der Waals surface area contributed by atoms with E-state index in [-0.39, 0.29) is 131 Å². The third kappa shape index (κ3) is 46.6. The molecule has 13 N–H and O–H groups in total. The first-order chi connectivity index (χ1) is 57.6. The summed E-state index contributed by atoms with van der Waals surface area (Å²) in [7, 11) is 5.07. The van der Waals surface area contributed by atoms with Gasteiger partial charge in [0.15, 0.2) is 29.4 Å². The Balaban J connectivity index is -0.00000150. The van der Waals surface area contributed by atoms with Crippen LogP contribution in [0.5, 0.6) is 0 Å². The van der Waals surface area contributed by atoms with Crippen LogP contribution in [0.15, 0.2) is 109 Å². The number of urea groups is 2. The number of alkyl carbamates (subject to hydrolysis) is 2. The molecule has 1 unspecified atom stereocenters. The van der Waals surface area contributed by atoms with Gasteiger partial charge in [-0.05, 0) is 187 Å². The van der Waals surface area contributed by atoms with Crippen molar-refractivity contribution in [3.8, 4) is 0 Å². The number of aliphatic carboxylic acids is 1. The minimum atomic E-state index is -1.11. The van der Waals surface area contributed by atoms with Crippen molar-refractivity contribution < 1.29 is 130 Å². The number of aryl methyl sites for hydroxylation is 12. The molecule has 0 saturated carbocycles. The van der Waals surface area contributed by atoms with E-state index in [1.807, 2.05) is 192 Å². The number of nitrogens with two attached hydrogens (primary N) is 2. The molecule has 31 nitrogen and oxygen atoms in total. The van der Waals surface area contributed by atoms with Crippen molar-refractivity contribution in [1.29, 1.82) is 0 Å². The molecule has 0 aliphatic carbocycles. The van der Waals surface area contributed by atoms with Crippen molar-refractivity contribution in [3.05, 3.63) is 209 Å². The van der Waals surface area contributed by atoms with Gasteiger partial charge >= 0.3 is 73.0 Å². The Morgan fingerprint density at radius 2 is 0.685 bits per heavy atom. The number of ether oxygens (including phenoxy) is 7.